The third kappa shape index (κ3) is 4.03. The number of benzene rings is 2. The maximum absolute atomic E-state index is 12.6. The Hall–Kier alpha value is -2.54. The van der Waals surface area contributed by atoms with Gasteiger partial charge in [0.15, 0.2) is 11.5 Å². The van der Waals surface area contributed by atoms with E-state index in [0.29, 0.717) is 46.9 Å². The highest BCUT2D eigenvalue weighted by Crippen LogP contribution is 2.38. The van der Waals surface area contributed by atoms with Gasteiger partial charge in [0.2, 0.25) is 0 Å². The first-order chi connectivity index (χ1) is 14.5. The van der Waals surface area contributed by atoms with Crippen LogP contribution in [-0.4, -0.2) is 35.6 Å². The van der Waals surface area contributed by atoms with Crippen LogP contribution in [0.15, 0.2) is 41.2 Å². The van der Waals surface area contributed by atoms with Crippen molar-refractivity contribution in [3.05, 3.63) is 73.6 Å². The quantitative estimate of drug-likeness (QED) is 0.633. The Morgan fingerprint density at radius 3 is 2.57 bits per heavy atom. The predicted octanol–water partition coefficient (Wildman–Crippen LogP) is 4.32. The zero-order chi connectivity index (χ0) is 21.3. The normalized spacial score (nSPS) is 13.7. The standard InChI is InChI=1S/C22H21Cl2N3O3/c1-29-18-8-5-14(19(24)20(18)30-2)11-27-10-9-16-17(12-27)25-21(26-22(16)28)13-3-6-15(23)7-4-13/h3-8H,9-12H2,1-2H3,(H,25,26,28). The van der Waals surface area contributed by atoms with Crippen LogP contribution in [0.1, 0.15) is 16.8 Å². The molecule has 30 heavy (non-hydrogen) atoms. The fourth-order valence-corrected chi connectivity index (χ4v) is 4.09. The molecule has 1 N–H and O–H groups in total. The molecule has 0 aliphatic carbocycles. The fraction of sp³-hybridized carbons (Fsp3) is 0.273. The van der Waals surface area contributed by atoms with Gasteiger partial charge in [0, 0.05) is 35.8 Å². The number of halogens is 2. The Balaban J connectivity index is 1.60. The van der Waals surface area contributed by atoms with Crippen molar-refractivity contribution in [1.82, 2.24) is 14.9 Å². The van der Waals surface area contributed by atoms with Crippen LogP contribution in [0.5, 0.6) is 11.5 Å². The summed E-state index contributed by atoms with van der Waals surface area (Å²) in [6.45, 7) is 1.91. The molecule has 2 aromatic carbocycles. The summed E-state index contributed by atoms with van der Waals surface area (Å²) >= 11 is 12.5. The predicted molar refractivity (Wildman–Crippen MR) is 118 cm³/mol. The number of hydrogen-bond donors (Lipinski definition) is 1. The maximum Gasteiger partial charge on any atom is 0.254 e. The molecule has 1 aliphatic rings. The number of fused-ring (bicyclic) bond motifs is 1. The van der Waals surface area contributed by atoms with Gasteiger partial charge in [0.25, 0.3) is 5.56 Å². The lowest BCUT2D eigenvalue weighted by Crippen LogP contribution is -2.35. The fourth-order valence-electron chi connectivity index (χ4n) is 3.67. The van der Waals surface area contributed by atoms with Gasteiger partial charge in [-0.25, -0.2) is 4.98 Å². The van der Waals surface area contributed by atoms with Crippen molar-refractivity contribution < 1.29 is 9.47 Å². The van der Waals surface area contributed by atoms with Gasteiger partial charge in [0.1, 0.15) is 5.82 Å². The van der Waals surface area contributed by atoms with E-state index in [2.05, 4.69) is 9.88 Å². The molecule has 0 saturated heterocycles. The highest BCUT2D eigenvalue weighted by molar-refractivity contribution is 6.33. The molecular formula is C22H21Cl2N3O3. The highest BCUT2D eigenvalue weighted by Gasteiger charge is 2.23. The minimum Gasteiger partial charge on any atom is -0.493 e. The minimum atomic E-state index is -0.0891. The van der Waals surface area contributed by atoms with Gasteiger partial charge in [-0.05, 0) is 42.3 Å². The molecule has 0 atom stereocenters. The van der Waals surface area contributed by atoms with Gasteiger partial charge < -0.3 is 14.5 Å². The summed E-state index contributed by atoms with van der Waals surface area (Å²) in [6, 6.07) is 11.0. The molecule has 6 nitrogen and oxygen atoms in total. The summed E-state index contributed by atoms with van der Waals surface area (Å²) in [5, 5.41) is 1.17. The molecule has 156 valence electrons. The number of methoxy groups -OCH3 is 2. The molecular weight excluding hydrogens is 425 g/mol. The Kier molecular flexibility index (Phi) is 5.99. The molecule has 0 amide bonds. The molecule has 2 heterocycles. The van der Waals surface area contributed by atoms with Gasteiger partial charge >= 0.3 is 0 Å². The van der Waals surface area contributed by atoms with Crippen molar-refractivity contribution in [2.75, 3.05) is 20.8 Å². The molecule has 0 unspecified atom stereocenters. The average molecular weight is 446 g/mol. The number of nitrogens with one attached hydrogen (secondary N) is 1. The molecule has 4 rings (SSSR count). The van der Waals surface area contributed by atoms with E-state index in [1.807, 2.05) is 24.3 Å². The second-order valence-corrected chi connectivity index (χ2v) is 7.90. The van der Waals surface area contributed by atoms with Crippen LogP contribution in [0.25, 0.3) is 11.4 Å². The van der Waals surface area contributed by atoms with E-state index in [1.165, 1.54) is 0 Å². The second-order valence-electron chi connectivity index (χ2n) is 7.08. The van der Waals surface area contributed by atoms with E-state index >= 15 is 0 Å². The monoisotopic (exact) mass is 445 g/mol. The molecule has 3 aromatic rings. The van der Waals surface area contributed by atoms with E-state index < -0.39 is 0 Å². The SMILES string of the molecule is COc1ccc(CN2CCc3c(nc(-c4ccc(Cl)cc4)[nH]c3=O)C2)c(Cl)c1OC. The second kappa shape index (κ2) is 8.68. The lowest BCUT2D eigenvalue weighted by Gasteiger charge is -2.28. The van der Waals surface area contributed by atoms with Gasteiger partial charge in [-0.3, -0.25) is 9.69 Å². The lowest BCUT2D eigenvalue weighted by molar-refractivity contribution is 0.240. The smallest absolute Gasteiger partial charge is 0.254 e. The van der Waals surface area contributed by atoms with E-state index in [1.54, 1.807) is 26.4 Å². The van der Waals surface area contributed by atoms with Crippen molar-refractivity contribution in [2.24, 2.45) is 0 Å². The molecule has 1 aliphatic heterocycles. The summed E-state index contributed by atoms with van der Waals surface area (Å²) in [6.07, 6.45) is 0.628. The summed E-state index contributed by atoms with van der Waals surface area (Å²) in [4.78, 5) is 22.4. The van der Waals surface area contributed by atoms with E-state index in [4.69, 9.17) is 37.7 Å². The van der Waals surface area contributed by atoms with Crippen molar-refractivity contribution >= 4 is 23.2 Å². The number of aromatic amines is 1. The van der Waals surface area contributed by atoms with Crippen LogP contribution in [0.4, 0.5) is 0 Å². The van der Waals surface area contributed by atoms with Crippen LogP contribution >= 0.6 is 23.2 Å². The Labute approximate surface area is 184 Å². The average Bonchev–Trinajstić information content (AvgIpc) is 2.75. The van der Waals surface area contributed by atoms with Crippen LogP contribution in [0.2, 0.25) is 10.0 Å². The molecule has 0 spiro atoms. The minimum absolute atomic E-state index is 0.0891. The Morgan fingerprint density at radius 1 is 1.10 bits per heavy atom. The zero-order valence-electron chi connectivity index (χ0n) is 16.7. The largest absolute Gasteiger partial charge is 0.493 e. The molecule has 0 fully saturated rings. The number of rotatable bonds is 5. The zero-order valence-corrected chi connectivity index (χ0v) is 18.2. The highest BCUT2D eigenvalue weighted by atomic mass is 35.5. The van der Waals surface area contributed by atoms with Crippen molar-refractivity contribution in [1.29, 1.82) is 0 Å². The third-order valence-corrected chi connectivity index (χ3v) is 5.90. The number of ether oxygens (including phenoxy) is 2. The van der Waals surface area contributed by atoms with E-state index in [0.717, 1.165) is 28.9 Å². The maximum atomic E-state index is 12.6. The molecule has 8 heteroatoms. The van der Waals surface area contributed by atoms with Crippen LogP contribution in [-0.2, 0) is 19.5 Å². The van der Waals surface area contributed by atoms with Gasteiger partial charge in [0.05, 0.1) is 24.9 Å². The summed E-state index contributed by atoms with van der Waals surface area (Å²) in [5.41, 5.74) is 3.18. The Bertz CT molecular complexity index is 1130. The van der Waals surface area contributed by atoms with Gasteiger partial charge in [-0.15, -0.1) is 0 Å². The topological polar surface area (TPSA) is 67.5 Å². The first kappa shape index (κ1) is 20.7. The molecule has 0 saturated carbocycles. The third-order valence-electron chi connectivity index (χ3n) is 5.23. The Morgan fingerprint density at radius 2 is 1.87 bits per heavy atom. The first-order valence-corrected chi connectivity index (χ1v) is 10.3. The lowest BCUT2D eigenvalue weighted by atomic mass is 10.0. The van der Waals surface area contributed by atoms with Gasteiger partial charge in [-0.2, -0.15) is 0 Å². The summed E-state index contributed by atoms with van der Waals surface area (Å²) < 4.78 is 10.7. The van der Waals surface area contributed by atoms with Crippen molar-refractivity contribution in [2.45, 2.75) is 19.5 Å². The van der Waals surface area contributed by atoms with Crippen LogP contribution < -0.4 is 15.0 Å². The van der Waals surface area contributed by atoms with E-state index in [9.17, 15) is 4.79 Å². The number of aromatic nitrogens is 2. The van der Waals surface area contributed by atoms with Crippen LogP contribution in [0, 0.1) is 0 Å². The number of nitrogens with zero attached hydrogens (tertiary/aromatic N) is 2. The van der Waals surface area contributed by atoms with Gasteiger partial charge in [-0.1, -0.05) is 29.3 Å². The molecule has 0 bridgehead atoms. The van der Waals surface area contributed by atoms with Crippen molar-refractivity contribution in [3.8, 4) is 22.9 Å². The number of hydrogen-bond acceptors (Lipinski definition) is 5. The first-order valence-electron chi connectivity index (χ1n) is 9.50. The van der Waals surface area contributed by atoms with Crippen molar-refractivity contribution in [3.63, 3.8) is 0 Å². The number of H-pyrrole nitrogens is 1. The van der Waals surface area contributed by atoms with Crippen LogP contribution in [0.3, 0.4) is 0 Å². The molecule has 1 aromatic heterocycles. The summed E-state index contributed by atoms with van der Waals surface area (Å²) in [7, 11) is 3.15. The molecule has 0 radical (unpaired) electrons. The summed E-state index contributed by atoms with van der Waals surface area (Å²) in [5.74, 6) is 1.66. The van der Waals surface area contributed by atoms with E-state index in [-0.39, 0.29) is 5.56 Å².